The summed E-state index contributed by atoms with van der Waals surface area (Å²) in [6.45, 7) is 3.16. The summed E-state index contributed by atoms with van der Waals surface area (Å²) in [5.41, 5.74) is 2.66. The second-order valence-corrected chi connectivity index (χ2v) is 7.87. The molecule has 1 amide bonds. The number of nitrogens with zero attached hydrogens (tertiary/aromatic N) is 4. The van der Waals surface area contributed by atoms with Crippen LogP contribution >= 0.6 is 11.3 Å². The zero-order valence-electron chi connectivity index (χ0n) is 15.4. The Morgan fingerprint density at radius 1 is 1.26 bits per heavy atom. The van der Waals surface area contributed by atoms with Gasteiger partial charge in [0.05, 0.1) is 10.7 Å². The molecule has 0 spiro atoms. The molecule has 1 aliphatic rings. The first kappa shape index (κ1) is 17.9. The van der Waals surface area contributed by atoms with Gasteiger partial charge in [0.15, 0.2) is 5.69 Å². The van der Waals surface area contributed by atoms with Gasteiger partial charge in [0.1, 0.15) is 5.82 Å². The molecule has 1 aromatic carbocycles. The summed E-state index contributed by atoms with van der Waals surface area (Å²) in [4.78, 5) is 19.2. The lowest BCUT2D eigenvalue weighted by Crippen LogP contribution is -2.38. The van der Waals surface area contributed by atoms with Crippen LogP contribution in [0.2, 0.25) is 0 Å². The molecule has 3 aromatic rings. The summed E-state index contributed by atoms with van der Waals surface area (Å²) in [5, 5.41) is 7.57. The summed E-state index contributed by atoms with van der Waals surface area (Å²) in [7, 11) is 1.81. The minimum Gasteiger partial charge on any atom is -0.337 e. The molecule has 0 N–H and O–H groups in total. The van der Waals surface area contributed by atoms with E-state index >= 15 is 0 Å². The largest absolute Gasteiger partial charge is 0.337 e. The summed E-state index contributed by atoms with van der Waals surface area (Å²) < 4.78 is 15.2. The number of aromatic nitrogens is 3. The summed E-state index contributed by atoms with van der Waals surface area (Å²) in [5.74, 6) is 0.157. The Morgan fingerprint density at radius 3 is 2.70 bits per heavy atom. The predicted octanol–water partition coefficient (Wildman–Crippen LogP) is 4.01. The van der Waals surface area contributed by atoms with E-state index in [1.54, 1.807) is 48.2 Å². The van der Waals surface area contributed by atoms with E-state index in [-0.39, 0.29) is 11.7 Å². The molecule has 4 rings (SSSR count). The maximum atomic E-state index is 13.5. The second kappa shape index (κ2) is 7.23. The van der Waals surface area contributed by atoms with Gasteiger partial charge in [0.2, 0.25) is 0 Å². The summed E-state index contributed by atoms with van der Waals surface area (Å²) >= 11 is 1.68. The summed E-state index contributed by atoms with van der Waals surface area (Å²) in [6.07, 6.45) is 3.69. The van der Waals surface area contributed by atoms with Gasteiger partial charge in [-0.15, -0.1) is 11.3 Å². The van der Waals surface area contributed by atoms with Crippen LogP contribution in [0.3, 0.4) is 0 Å². The van der Waals surface area contributed by atoms with E-state index in [9.17, 15) is 9.18 Å². The van der Waals surface area contributed by atoms with Gasteiger partial charge in [-0.2, -0.15) is 5.10 Å². The fourth-order valence-electron chi connectivity index (χ4n) is 3.57. The Labute approximate surface area is 161 Å². The molecule has 0 atom stereocenters. The molecule has 3 heterocycles. The maximum Gasteiger partial charge on any atom is 0.274 e. The Kier molecular flexibility index (Phi) is 4.78. The molecule has 140 valence electrons. The van der Waals surface area contributed by atoms with Crippen molar-refractivity contribution in [1.82, 2.24) is 19.7 Å². The number of aryl methyl sites for hydroxylation is 2. The molecular weight excluding hydrogens is 363 g/mol. The number of thiazole rings is 1. The summed E-state index contributed by atoms with van der Waals surface area (Å²) in [6, 6.07) is 6.73. The normalized spacial score (nSPS) is 15.3. The molecule has 7 heteroatoms. The van der Waals surface area contributed by atoms with Crippen LogP contribution in [0.15, 0.2) is 35.8 Å². The van der Waals surface area contributed by atoms with Crippen LogP contribution in [0.5, 0.6) is 0 Å². The highest BCUT2D eigenvalue weighted by Gasteiger charge is 2.27. The zero-order valence-corrected chi connectivity index (χ0v) is 16.2. The molecular formula is C20H21FN4OS. The smallest absolute Gasteiger partial charge is 0.274 e. The molecule has 1 aliphatic heterocycles. The Hall–Kier alpha value is -2.54. The third-order valence-electron chi connectivity index (χ3n) is 5.14. The van der Waals surface area contributed by atoms with E-state index in [1.165, 1.54) is 6.07 Å². The monoisotopic (exact) mass is 384 g/mol. The van der Waals surface area contributed by atoms with Crippen LogP contribution in [0.25, 0.3) is 11.3 Å². The van der Waals surface area contributed by atoms with E-state index in [2.05, 4.69) is 10.1 Å². The highest BCUT2D eigenvalue weighted by molar-refractivity contribution is 7.09. The minimum atomic E-state index is -0.236. The fourth-order valence-corrected chi connectivity index (χ4v) is 4.38. The molecule has 1 fully saturated rings. The molecule has 2 aromatic heterocycles. The predicted molar refractivity (Wildman–Crippen MR) is 103 cm³/mol. The molecule has 0 unspecified atom stereocenters. The van der Waals surface area contributed by atoms with Gasteiger partial charge in [0.25, 0.3) is 5.91 Å². The van der Waals surface area contributed by atoms with Crippen molar-refractivity contribution in [2.75, 3.05) is 13.1 Å². The lowest BCUT2D eigenvalue weighted by atomic mass is 9.97. The van der Waals surface area contributed by atoms with E-state index in [4.69, 9.17) is 0 Å². The zero-order chi connectivity index (χ0) is 19.0. The highest BCUT2D eigenvalue weighted by atomic mass is 32.1. The Balaban J connectivity index is 1.49. The fraction of sp³-hybridized carbons (Fsp3) is 0.350. The van der Waals surface area contributed by atoms with E-state index in [0.717, 1.165) is 29.1 Å². The van der Waals surface area contributed by atoms with Gasteiger partial charge in [-0.25, -0.2) is 9.37 Å². The Morgan fingerprint density at radius 2 is 2.04 bits per heavy atom. The average molecular weight is 384 g/mol. The maximum absolute atomic E-state index is 13.5. The number of likely N-dealkylation sites (tertiary alicyclic amines) is 1. The van der Waals surface area contributed by atoms with Gasteiger partial charge < -0.3 is 4.90 Å². The highest BCUT2D eigenvalue weighted by Crippen LogP contribution is 2.30. The third-order valence-corrected chi connectivity index (χ3v) is 6.07. The Bertz CT molecular complexity index is 959. The lowest BCUT2D eigenvalue weighted by Gasteiger charge is -2.30. The van der Waals surface area contributed by atoms with Gasteiger partial charge in [-0.1, -0.05) is 0 Å². The molecule has 0 saturated carbocycles. The quantitative estimate of drug-likeness (QED) is 0.686. The van der Waals surface area contributed by atoms with Crippen molar-refractivity contribution >= 4 is 17.2 Å². The van der Waals surface area contributed by atoms with Crippen LogP contribution in [-0.4, -0.2) is 38.7 Å². The topological polar surface area (TPSA) is 51.0 Å². The van der Waals surface area contributed by atoms with Crippen LogP contribution in [0, 0.1) is 12.7 Å². The number of halogens is 1. The number of carbonyl (C=O) groups excluding carboxylic acids is 1. The van der Waals surface area contributed by atoms with Crippen molar-refractivity contribution in [3.63, 3.8) is 0 Å². The molecule has 0 bridgehead atoms. The molecule has 1 saturated heterocycles. The third kappa shape index (κ3) is 3.51. The van der Waals surface area contributed by atoms with Gasteiger partial charge in [0, 0.05) is 43.2 Å². The van der Waals surface area contributed by atoms with Gasteiger partial charge in [-0.05, 0) is 49.6 Å². The first-order valence-corrected chi connectivity index (χ1v) is 9.90. The first-order valence-electron chi connectivity index (χ1n) is 9.02. The van der Waals surface area contributed by atoms with Crippen molar-refractivity contribution in [3.05, 3.63) is 57.9 Å². The van der Waals surface area contributed by atoms with Crippen LogP contribution in [0.1, 0.15) is 39.8 Å². The van der Waals surface area contributed by atoms with Crippen molar-refractivity contribution in [1.29, 1.82) is 0 Å². The average Bonchev–Trinajstić information content (AvgIpc) is 3.34. The second-order valence-electron chi connectivity index (χ2n) is 6.94. The molecule has 5 nitrogen and oxygen atoms in total. The molecule has 0 radical (unpaired) electrons. The van der Waals surface area contributed by atoms with Crippen molar-refractivity contribution in [2.24, 2.45) is 7.05 Å². The standard InChI is InChI=1S/C20H21FN4OS/c1-13-11-15(3-4-16(13)21)18-12-17(23-24(18)2)20(26)25-8-5-14(6-9-25)19-22-7-10-27-19/h3-4,7,10-12,14H,5-6,8-9H2,1-2H3. The number of benzene rings is 1. The number of piperidine rings is 1. The van der Waals surface area contributed by atoms with Gasteiger partial charge >= 0.3 is 0 Å². The van der Waals surface area contributed by atoms with Crippen molar-refractivity contribution in [2.45, 2.75) is 25.7 Å². The number of amides is 1. The lowest BCUT2D eigenvalue weighted by molar-refractivity contribution is 0.0706. The minimum absolute atomic E-state index is 0.0479. The van der Waals surface area contributed by atoms with Crippen LogP contribution < -0.4 is 0 Å². The molecule has 0 aliphatic carbocycles. The first-order chi connectivity index (χ1) is 13.0. The van der Waals surface area contributed by atoms with E-state index in [0.29, 0.717) is 30.3 Å². The van der Waals surface area contributed by atoms with E-state index in [1.807, 2.05) is 16.5 Å². The van der Waals surface area contributed by atoms with Crippen LogP contribution in [-0.2, 0) is 7.05 Å². The number of hydrogen-bond donors (Lipinski definition) is 0. The van der Waals surface area contributed by atoms with Crippen molar-refractivity contribution in [3.8, 4) is 11.3 Å². The van der Waals surface area contributed by atoms with E-state index < -0.39 is 0 Å². The molecule has 27 heavy (non-hydrogen) atoms. The number of hydrogen-bond acceptors (Lipinski definition) is 4. The van der Waals surface area contributed by atoms with Gasteiger partial charge in [-0.3, -0.25) is 9.48 Å². The number of carbonyl (C=O) groups is 1. The SMILES string of the molecule is Cc1cc(-c2cc(C(=O)N3CCC(c4nccs4)CC3)nn2C)ccc1F. The number of rotatable bonds is 3. The van der Waals surface area contributed by atoms with Crippen LogP contribution in [0.4, 0.5) is 4.39 Å². The van der Waals surface area contributed by atoms with Crippen molar-refractivity contribution < 1.29 is 9.18 Å².